The van der Waals surface area contributed by atoms with E-state index >= 15 is 0 Å². The standard InChI is InChI=1S/C68H135NO5/c1-3-5-7-9-11-13-15-17-19-20-30-33-36-40-44-48-52-56-60-66(71)65(64-70)69-67(72)61-57-53-49-45-41-37-34-31-28-26-24-22-21-23-25-27-29-32-35-39-43-47-51-55-59-63-74-68(73)62-58-54-50-46-42-38-18-16-14-12-10-8-6-4-2/h65-66,70-71H,3-64H2,1-2H3,(H,69,72). The molecular weight excluding hydrogens is 911 g/mol. The molecule has 0 aliphatic heterocycles. The molecule has 0 heterocycles. The van der Waals surface area contributed by atoms with Crippen molar-refractivity contribution in [2.75, 3.05) is 13.2 Å². The number of aliphatic hydroxyl groups excluding tert-OH is 2. The van der Waals surface area contributed by atoms with Crippen molar-refractivity contribution in [2.45, 2.75) is 411 Å². The van der Waals surface area contributed by atoms with Crippen LogP contribution in [0.3, 0.4) is 0 Å². The van der Waals surface area contributed by atoms with Crippen molar-refractivity contribution in [1.29, 1.82) is 0 Å². The topological polar surface area (TPSA) is 95.9 Å². The number of rotatable bonds is 65. The van der Waals surface area contributed by atoms with Gasteiger partial charge in [0.1, 0.15) is 0 Å². The van der Waals surface area contributed by atoms with E-state index < -0.39 is 12.1 Å². The van der Waals surface area contributed by atoms with Gasteiger partial charge in [0.2, 0.25) is 5.91 Å². The second kappa shape index (κ2) is 64.4. The highest BCUT2D eigenvalue weighted by Crippen LogP contribution is 2.19. The molecule has 0 radical (unpaired) electrons. The Bertz CT molecular complexity index is 1070. The van der Waals surface area contributed by atoms with E-state index in [0.29, 0.717) is 25.9 Å². The molecule has 0 aliphatic carbocycles. The molecule has 3 N–H and O–H groups in total. The molecule has 442 valence electrons. The largest absolute Gasteiger partial charge is 0.466 e. The van der Waals surface area contributed by atoms with Crippen LogP contribution < -0.4 is 5.32 Å². The summed E-state index contributed by atoms with van der Waals surface area (Å²) in [6, 6.07) is -0.539. The van der Waals surface area contributed by atoms with Gasteiger partial charge in [-0.25, -0.2) is 0 Å². The van der Waals surface area contributed by atoms with E-state index in [4.69, 9.17) is 4.74 Å². The average molecular weight is 1050 g/mol. The minimum Gasteiger partial charge on any atom is -0.466 e. The fourth-order valence-electron chi connectivity index (χ4n) is 11.2. The second-order valence-electron chi connectivity index (χ2n) is 23.9. The Hall–Kier alpha value is -1.14. The van der Waals surface area contributed by atoms with Gasteiger partial charge in [-0.15, -0.1) is 0 Å². The third-order valence-electron chi connectivity index (χ3n) is 16.4. The van der Waals surface area contributed by atoms with Crippen LogP contribution in [0.4, 0.5) is 0 Å². The van der Waals surface area contributed by atoms with Crippen LogP contribution >= 0.6 is 0 Å². The lowest BCUT2D eigenvalue weighted by molar-refractivity contribution is -0.143. The van der Waals surface area contributed by atoms with Crippen molar-refractivity contribution in [1.82, 2.24) is 5.32 Å². The zero-order valence-electron chi connectivity index (χ0n) is 50.6. The van der Waals surface area contributed by atoms with Crippen LogP contribution in [0, 0.1) is 0 Å². The Morgan fingerprint density at radius 3 is 0.824 bits per heavy atom. The van der Waals surface area contributed by atoms with E-state index in [1.807, 2.05) is 0 Å². The maximum Gasteiger partial charge on any atom is 0.305 e. The number of aliphatic hydroxyl groups is 2. The first kappa shape index (κ1) is 72.9. The van der Waals surface area contributed by atoms with Gasteiger partial charge in [-0.2, -0.15) is 0 Å². The molecule has 0 aromatic heterocycles. The fraction of sp³-hybridized carbons (Fsp3) is 0.971. The first-order chi connectivity index (χ1) is 36.5. The molecule has 2 unspecified atom stereocenters. The number of esters is 1. The minimum absolute atomic E-state index is 0.0200. The Balaban J connectivity index is 3.34. The average Bonchev–Trinajstić information content (AvgIpc) is 3.40. The highest BCUT2D eigenvalue weighted by molar-refractivity contribution is 5.76. The molecular formula is C68H135NO5. The summed E-state index contributed by atoms with van der Waals surface area (Å²) in [6.45, 7) is 5.00. The molecule has 0 aromatic carbocycles. The molecule has 74 heavy (non-hydrogen) atoms. The number of carbonyl (C=O) groups is 2. The summed E-state index contributed by atoms with van der Waals surface area (Å²) in [5, 5.41) is 23.4. The molecule has 0 spiro atoms. The third kappa shape index (κ3) is 60.1. The van der Waals surface area contributed by atoms with Gasteiger partial charge in [0.05, 0.1) is 25.4 Å². The summed E-state index contributed by atoms with van der Waals surface area (Å²) in [4.78, 5) is 24.6. The number of unbranched alkanes of at least 4 members (excludes halogenated alkanes) is 54. The van der Waals surface area contributed by atoms with Gasteiger partial charge in [0.15, 0.2) is 0 Å². The molecule has 6 nitrogen and oxygen atoms in total. The number of amides is 1. The Kier molecular flexibility index (Phi) is 63.4. The predicted octanol–water partition coefficient (Wildman–Crippen LogP) is 21.8. The van der Waals surface area contributed by atoms with Gasteiger partial charge in [-0.1, -0.05) is 361 Å². The van der Waals surface area contributed by atoms with Crippen LogP contribution in [0.5, 0.6) is 0 Å². The van der Waals surface area contributed by atoms with E-state index in [2.05, 4.69) is 19.2 Å². The van der Waals surface area contributed by atoms with Gasteiger partial charge < -0.3 is 20.3 Å². The number of ether oxygens (including phenoxy) is 1. The van der Waals surface area contributed by atoms with E-state index in [9.17, 15) is 19.8 Å². The number of hydrogen-bond acceptors (Lipinski definition) is 5. The zero-order valence-corrected chi connectivity index (χ0v) is 50.6. The van der Waals surface area contributed by atoms with Gasteiger partial charge in [-0.3, -0.25) is 9.59 Å². The van der Waals surface area contributed by atoms with Crippen LogP contribution in [0.15, 0.2) is 0 Å². The summed E-state index contributed by atoms with van der Waals surface area (Å²) >= 11 is 0. The molecule has 0 saturated carbocycles. The van der Waals surface area contributed by atoms with E-state index in [1.54, 1.807) is 0 Å². The van der Waals surface area contributed by atoms with Crippen molar-refractivity contribution >= 4 is 11.9 Å². The zero-order chi connectivity index (χ0) is 53.6. The lowest BCUT2D eigenvalue weighted by Gasteiger charge is -2.22. The molecule has 0 aromatic rings. The Morgan fingerprint density at radius 2 is 0.554 bits per heavy atom. The van der Waals surface area contributed by atoms with Gasteiger partial charge in [0, 0.05) is 12.8 Å². The molecule has 2 atom stereocenters. The first-order valence-corrected chi connectivity index (χ1v) is 34.3. The second-order valence-corrected chi connectivity index (χ2v) is 23.9. The highest BCUT2D eigenvalue weighted by Gasteiger charge is 2.20. The number of nitrogens with one attached hydrogen (secondary N) is 1. The number of hydrogen-bond donors (Lipinski definition) is 3. The fourth-order valence-corrected chi connectivity index (χ4v) is 11.2. The Morgan fingerprint density at radius 1 is 0.324 bits per heavy atom. The summed E-state index contributed by atoms with van der Waals surface area (Å²) in [5.74, 6) is -0.00864. The minimum atomic E-state index is -0.662. The quantitative estimate of drug-likeness (QED) is 0.0417. The van der Waals surface area contributed by atoms with Crippen molar-refractivity contribution in [3.8, 4) is 0 Å². The van der Waals surface area contributed by atoms with Crippen LogP contribution in [-0.2, 0) is 14.3 Å². The Labute approximate surface area is 464 Å². The van der Waals surface area contributed by atoms with Crippen molar-refractivity contribution < 1.29 is 24.5 Å². The van der Waals surface area contributed by atoms with Crippen molar-refractivity contribution in [2.24, 2.45) is 0 Å². The molecule has 0 bridgehead atoms. The third-order valence-corrected chi connectivity index (χ3v) is 16.4. The van der Waals surface area contributed by atoms with Crippen LogP contribution in [-0.4, -0.2) is 47.4 Å². The molecule has 6 heteroatoms. The molecule has 0 saturated heterocycles. The molecule has 0 aliphatic rings. The molecule has 1 amide bonds. The van der Waals surface area contributed by atoms with Crippen LogP contribution in [0.1, 0.15) is 399 Å². The van der Waals surface area contributed by atoms with Gasteiger partial charge in [0.25, 0.3) is 0 Å². The highest BCUT2D eigenvalue weighted by atomic mass is 16.5. The van der Waals surface area contributed by atoms with Gasteiger partial charge in [-0.05, 0) is 25.7 Å². The first-order valence-electron chi connectivity index (χ1n) is 34.3. The maximum absolute atomic E-state index is 12.5. The lowest BCUT2D eigenvalue weighted by Crippen LogP contribution is -2.45. The van der Waals surface area contributed by atoms with Gasteiger partial charge >= 0.3 is 5.97 Å². The molecule has 0 rings (SSSR count). The van der Waals surface area contributed by atoms with Crippen LogP contribution in [0.25, 0.3) is 0 Å². The van der Waals surface area contributed by atoms with Crippen molar-refractivity contribution in [3.05, 3.63) is 0 Å². The normalized spacial score (nSPS) is 12.4. The maximum atomic E-state index is 12.5. The summed E-state index contributed by atoms with van der Waals surface area (Å²) in [7, 11) is 0. The lowest BCUT2D eigenvalue weighted by atomic mass is 10.0. The predicted molar refractivity (Wildman–Crippen MR) is 324 cm³/mol. The van der Waals surface area contributed by atoms with E-state index in [0.717, 1.165) is 38.5 Å². The summed E-state index contributed by atoms with van der Waals surface area (Å²) in [5.41, 5.74) is 0. The summed E-state index contributed by atoms with van der Waals surface area (Å²) in [6.07, 6.45) is 77.1. The smallest absolute Gasteiger partial charge is 0.305 e. The van der Waals surface area contributed by atoms with E-state index in [-0.39, 0.29) is 18.5 Å². The van der Waals surface area contributed by atoms with Crippen molar-refractivity contribution in [3.63, 3.8) is 0 Å². The van der Waals surface area contributed by atoms with Crippen LogP contribution in [0.2, 0.25) is 0 Å². The van der Waals surface area contributed by atoms with E-state index in [1.165, 1.54) is 327 Å². The SMILES string of the molecule is CCCCCCCCCCCCCCCCCCCCC(O)C(CO)NC(=O)CCCCCCCCCCCCCCCCCCCCCCCCCCCOC(=O)CCCCCCCCCCCCCCCC. The summed E-state index contributed by atoms with van der Waals surface area (Å²) < 4.78 is 5.49. The monoisotopic (exact) mass is 1050 g/mol. The molecule has 0 fully saturated rings. The number of carbonyl (C=O) groups excluding carboxylic acids is 2.